The number of hydrogen-bond donors (Lipinski definition) is 5. The number of ether oxygens (including phenoxy) is 2. The zero-order valence-electron chi connectivity index (χ0n) is 35.3. The number of urea groups is 1. The van der Waals surface area contributed by atoms with Crippen LogP contribution in [0.5, 0.6) is 0 Å². The lowest BCUT2D eigenvalue weighted by atomic mass is 9.94. The SMILES string of the molecule is CC(C)(C)OC(=O)N1CCC[C@@H](OC(O)NS(=O)(=O)N2CCN(C(=O)Nc3nccnc3C(=O)NC3Cc4ccccc4C3)CC2)[C@@H]1CC(O)Cn1cnc2cc(Br)c(Cl)cc2c1=O. The zero-order valence-corrected chi connectivity index (χ0v) is 38.5. The van der Waals surface area contributed by atoms with Gasteiger partial charge in [0.25, 0.3) is 21.7 Å². The second-order valence-electron chi connectivity index (χ2n) is 16.8. The number of benzene rings is 2. The lowest BCUT2D eigenvalue weighted by Crippen LogP contribution is -2.58. The van der Waals surface area contributed by atoms with E-state index >= 15 is 0 Å². The van der Waals surface area contributed by atoms with Crippen LogP contribution < -0.4 is 20.9 Å². The van der Waals surface area contributed by atoms with Gasteiger partial charge in [0.05, 0.1) is 47.0 Å². The van der Waals surface area contributed by atoms with Gasteiger partial charge in [0.1, 0.15) is 5.60 Å². The van der Waals surface area contributed by atoms with Crippen LogP contribution in [-0.2, 0) is 39.1 Å². The number of carbonyl (C=O) groups is 3. The van der Waals surface area contributed by atoms with Crippen LogP contribution in [0.4, 0.5) is 15.4 Å². The van der Waals surface area contributed by atoms with E-state index < -0.39 is 64.1 Å². The van der Waals surface area contributed by atoms with Crippen molar-refractivity contribution in [3.63, 3.8) is 0 Å². The van der Waals surface area contributed by atoms with Crippen LogP contribution in [0.25, 0.3) is 10.9 Å². The average Bonchev–Trinajstić information content (AvgIpc) is 3.65. The van der Waals surface area contributed by atoms with Gasteiger partial charge >= 0.3 is 12.1 Å². The molecular weight excluding hydrogens is 940 g/mol. The maximum absolute atomic E-state index is 13.5. The molecule has 0 radical (unpaired) electrons. The van der Waals surface area contributed by atoms with Crippen molar-refractivity contribution >= 4 is 72.5 Å². The number of rotatable bonds is 12. The molecule has 2 saturated heterocycles. The number of piperidine rings is 1. The normalized spacial score (nSPS) is 19.5. The number of nitrogens with one attached hydrogen (secondary N) is 3. The number of likely N-dealkylation sites (tertiary alicyclic amines) is 1. The highest BCUT2D eigenvalue weighted by Crippen LogP contribution is 2.29. The molecule has 2 aliphatic heterocycles. The molecule has 1 aliphatic carbocycles. The summed E-state index contributed by atoms with van der Waals surface area (Å²) in [5.41, 5.74) is 1.33. The molecule has 2 aromatic heterocycles. The van der Waals surface area contributed by atoms with E-state index in [0.29, 0.717) is 34.3 Å². The third kappa shape index (κ3) is 11.3. The fourth-order valence-electron chi connectivity index (χ4n) is 8.09. The van der Waals surface area contributed by atoms with Crippen LogP contribution >= 0.6 is 27.5 Å². The summed E-state index contributed by atoms with van der Waals surface area (Å²) in [4.78, 5) is 68.8. The Morgan fingerprint density at radius 1 is 1.00 bits per heavy atom. The Labute approximate surface area is 382 Å². The monoisotopic (exact) mass is 988 g/mol. The molecule has 5 N–H and O–H groups in total. The van der Waals surface area contributed by atoms with Crippen LogP contribution in [0, 0.1) is 0 Å². The van der Waals surface area contributed by atoms with Gasteiger partial charge in [-0.1, -0.05) is 35.9 Å². The maximum Gasteiger partial charge on any atom is 0.410 e. The highest BCUT2D eigenvalue weighted by Gasteiger charge is 2.41. The van der Waals surface area contributed by atoms with E-state index in [-0.39, 0.29) is 75.1 Å². The van der Waals surface area contributed by atoms with Crippen molar-refractivity contribution in [2.24, 2.45) is 0 Å². The number of aliphatic hydroxyl groups is 2. The smallest absolute Gasteiger partial charge is 0.410 e. The Kier molecular flexibility index (Phi) is 14.5. The van der Waals surface area contributed by atoms with Gasteiger partial charge in [0.2, 0.25) is 6.41 Å². The van der Waals surface area contributed by atoms with Crippen molar-refractivity contribution in [2.45, 2.75) is 95.7 Å². The Hall–Kier alpha value is -4.81. The molecular formula is C41H50BrClN10O10S. The number of anilines is 1. The zero-order chi connectivity index (χ0) is 45.9. The van der Waals surface area contributed by atoms with Crippen LogP contribution in [0.15, 0.2) is 64.4 Å². The molecule has 2 unspecified atom stereocenters. The minimum atomic E-state index is -4.39. The molecule has 4 amide bonds. The lowest BCUT2D eigenvalue weighted by molar-refractivity contribution is -0.173. The van der Waals surface area contributed by atoms with Crippen molar-refractivity contribution in [2.75, 3.05) is 38.0 Å². The molecule has 0 bridgehead atoms. The van der Waals surface area contributed by atoms with Gasteiger partial charge in [-0.15, -0.1) is 0 Å². The van der Waals surface area contributed by atoms with Crippen molar-refractivity contribution in [3.8, 4) is 0 Å². The number of carbonyl (C=O) groups excluding carboxylic acids is 3. The number of piperazine rings is 1. The maximum atomic E-state index is 13.5. The van der Waals surface area contributed by atoms with E-state index in [0.717, 1.165) is 15.4 Å². The van der Waals surface area contributed by atoms with Crippen molar-refractivity contribution in [1.29, 1.82) is 0 Å². The van der Waals surface area contributed by atoms with Crippen molar-refractivity contribution < 1.29 is 42.5 Å². The van der Waals surface area contributed by atoms with E-state index in [1.165, 1.54) is 39.2 Å². The molecule has 0 saturated carbocycles. The Balaban J connectivity index is 0.953. The van der Waals surface area contributed by atoms with E-state index in [1.807, 2.05) is 24.3 Å². The first-order valence-electron chi connectivity index (χ1n) is 20.7. The van der Waals surface area contributed by atoms with Gasteiger partial charge in [-0.2, -0.15) is 17.4 Å². The number of nitrogens with zero attached hydrogens (tertiary/aromatic N) is 7. The third-order valence-electron chi connectivity index (χ3n) is 11.1. The van der Waals surface area contributed by atoms with Gasteiger partial charge < -0.3 is 34.8 Å². The molecule has 20 nitrogen and oxygen atoms in total. The standard InChI is InChI=1S/C41H50BrClN10O10S/c1-41(2,3)63-40(59)53-12-6-9-33(32(53)19-27(54)22-51-23-46-31-21-29(42)30(43)20-28(31)37(51)56)62-39(58)49-64(60,61)52-15-13-50(14-16-52)38(57)48-35-34(44-10-11-45-35)36(55)47-26-17-24-7-4-5-8-25(24)18-26/h4-5,7-8,10-11,20-21,23,26-27,32-33,39,49,54,58H,6,9,12-19,22H2,1-3H3,(H,47,55)(H,45,48,57)/t27?,32-,33+,39?/m0/s1. The van der Waals surface area contributed by atoms with Gasteiger partial charge in [-0.25, -0.2) is 24.5 Å². The largest absolute Gasteiger partial charge is 0.444 e. The third-order valence-corrected chi connectivity index (χ3v) is 13.8. The molecule has 2 aromatic carbocycles. The fourth-order valence-corrected chi connectivity index (χ4v) is 9.69. The number of fused-ring (bicyclic) bond motifs is 2. The second-order valence-corrected chi connectivity index (χ2v) is 19.8. The molecule has 4 heterocycles. The predicted molar refractivity (Wildman–Crippen MR) is 238 cm³/mol. The molecule has 64 heavy (non-hydrogen) atoms. The van der Waals surface area contributed by atoms with Crippen molar-refractivity contribution in [1.82, 2.24) is 43.7 Å². The fraction of sp³-hybridized carbons (Fsp3) is 0.488. The number of aromatic nitrogens is 4. The molecule has 23 heteroatoms. The average molecular weight is 990 g/mol. The number of halogens is 2. The highest BCUT2D eigenvalue weighted by molar-refractivity contribution is 9.10. The topological polar surface area (TPSA) is 251 Å². The van der Waals surface area contributed by atoms with Crippen LogP contribution in [0.3, 0.4) is 0 Å². The molecule has 7 rings (SSSR count). The first-order valence-corrected chi connectivity index (χ1v) is 23.3. The quantitative estimate of drug-likeness (QED) is 0.128. The van der Waals surface area contributed by atoms with Gasteiger partial charge in [-0.3, -0.25) is 19.5 Å². The van der Waals surface area contributed by atoms with E-state index in [2.05, 4.69) is 46.2 Å². The molecule has 0 spiro atoms. The van der Waals surface area contributed by atoms with Crippen LogP contribution in [0.2, 0.25) is 5.02 Å². The van der Waals surface area contributed by atoms with Crippen LogP contribution in [-0.4, -0.2) is 139 Å². The minimum Gasteiger partial charge on any atom is -0.444 e. The minimum absolute atomic E-state index is 0.0420. The molecule has 4 aromatic rings. The Bertz CT molecular complexity index is 2530. The molecule has 4 atom stereocenters. The Morgan fingerprint density at radius 2 is 1.69 bits per heavy atom. The van der Waals surface area contributed by atoms with Gasteiger partial charge in [0, 0.05) is 55.6 Å². The van der Waals surface area contributed by atoms with E-state index in [1.54, 1.807) is 26.8 Å². The Morgan fingerprint density at radius 3 is 2.38 bits per heavy atom. The number of hydrogen-bond acceptors (Lipinski definition) is 13. The van der Waals surface area contributed by atoms with E-state index in [9.17, 15) is 37.8 Å². The summed E-state index contributed by atoms with van der Waals surface area (Å²) in [7, 11) is -4.39. The number of amides is 4. The highest BCUT2D eigenvalue weighted by atomic mass is 79.9. The summed E-state index contributed by atoms with van der Waals surface area (Å²) in [5, 5.41) is 28.5. The summed E-state index contributed by atoms with van der Waals surface area (Å²) < 4.78 is 43.5. The first kappa shape index (κ1) is 47.2. The van der Waals surface area contributed by atoms with Gasteiger partial charge in [0.15, 0.2) is 11.5 Å². The second kappa shape index (κ2) is 19.7. The number of aliphatic hydroxyl groups excluding tert-OH is 2. The summed E-state index contributed by atoms with van der Waals surface area (Å²) in [6, 6.07) is 9.35. The molecule has 2 fully saturated rings. The summed E-state index contributed by atoms with van der Waals surface area (Å²) in [6.07, 6.45) is 0.853. The summed E-state index contributed by atoms with van der Waals surface area (Å²) >= 11 is 9.55. The van der Waals surface area contributed by atoms with E-state index in [4.69, 9.17) is 21.1 Å². The molecule has 3 aliphatic rings. The predicted octanol–water partition coefficient (Wildman–Crippen LogP) is 3.00. The van der Waals surface area contributed by atoms with Gasteiger partial charge in [-0.05, 0) is 92.1 Å². The first-order chi connectivity index (χ1) is 30.3. The summed E-state index contributed by atoms with van der Waals surface area (Å²) in [6.45, 7) is 4.72. The van der Waals surface area contributed by atoms with Crippen molar-refractivity contribution in [3.05, 3.63) is 91.8 Å². The lowest BCUT2D eigenvalue weighted by Gasteiger charge is -2.42. The summed E-state index contributed by atoms with van der Waals surface area (Å²) in [5.74, 6) is -0.540. The van der Waals surface area contributed by atoms with Crippen LogP contribution in [0.1, 0.15) is 61.6 Å². The molecule has 344 valence electrons.